The second kappa shape index (κ2) is 3.24. The van der Waals surface area contributed by atoms with Crippen molar-refractivity contribution in [2.75, 3.05) is 0 Å². The van der Waals surface area contributed by atoms with Crippen LogP contribution in [0.2, 0.25) is 0 Å². The third-order valence-corrected chi connectivity index (χ3v) is 4.06. The van der Waals surface area contributed by atoms with Gasteiger partial charge in [0.15, 0.2) is 0 Å². The average Bonchev–Trinajstić information content (AvgIpc) is 2.50. The smallest absolute Gasteiger partial charge is 0.0234 e. The predicted octanol–water partition coefficient (Wildman–Crippen LogP) is 3.63. The maximum absolute atomic E-state index is 2.44. The standard InChI is InChI=1S/C12H20/c1-9-4-3-5-11-6-7-12(8-11)10(9)2/h3-4,9-12H,5-8H2,1-2H3. The summed E-state index contributed by atoms with van der Waals surface area (Å²) in [6, 6.07) is 0. The van der Waals surface area contributed by atoms with Crippen LogP contribution in [-0.2, 0) is 0 Å². The van der Waals surface area contributed by atoms with Crippen LogP contribution in [-0.4, -0.2) is 0 Å². The Morgan fingerprint density at radius 1 is 1.17 bits per heavy atom. The van der Waals surface area contributed by atoms with E-state index in [1.807, 2.05) is 0 Å². The predicted molar refractivity (Wildman–Crippen MR) is 52.9 cm³/mol. The first-order valence-electron chi connectivity index (χ1n) is 5.44. The van der Waals surface area contributed by atoms with E-state index < -0.39 is 0 Å². The van der Waals surface area contributed by atoms with Crippen LogP contribution in [0.1, 0.15) is 39.5 Å². The van der Waals surface area contributed by atoms with Crippen LogP contribution in [0.3, 0.4) is 0 Å². The van der Waals surface area contributed by atoms with Gasteiger partial charge in [-0.2, -0.15) is 0 Å². The van der Waals surface area contributed by atoms with E-state index in [0.717, 1.165) is 23.7 Å². The van der Waals surface area contributed by atoms with E-state index in [-0.39, 0.29) is 0 Å². The molecule has 0 heteroatoms. The monoisotopic (exact) mass is 164 g/mol. The summed E-state index contributed by atoms with van der Waals surface area (Å²) in [6.45, 7) is 4.81. The summed E-state index contributed by atoms with van der Waals surface area (Å²) >= 11 is 0. The molecule has 0 radical (unpaired) electrons. The van der Waals surface area contributed by atoms with Crippen molar-refractivity contribution in [1.29, 1.82) is 0 Å². The molecule has 0 spiro atoms. The van der Waals surface area contributed by atoms with E-state index >= 15 is 0 Å². The van der Waals surface area contributed by atoms with Gasteiger partial charge in [-0.25, -0.2) is 0 Å². The Bertz CT molecular complexity index is 180. The highest BCUT2D eigenvalue weighted by atomic mass is 14.4. The summed E-state index contributed by atoms with van der Waals surface area (Å²) in [6.07, 6.45) is 10.7. The molecule has 1 saturated carbocycles. The largest absolute Gasteiger partial charge is 0.0880 e. The van der Waals surface area contributed by atoms with Crippen LogP contribution in [0.4, 0.5) is 0 Å². The Morgan fingerprint density at radius 3 is 2.83 bits per heavy atom. The quantitative estimate of drug-likeness (QED) is 0.479. The molecule has 2 bridgehead atoms. The summed E-state index contributed by atoms with van der Waals surface area (Å²) in [7, 11) is 0. The number of rotatable bonds is 0. The number of fused-ring (bicyclic) bond motifs is 2. The van der Waals surface area contributed by atoms with Gasteiger partial charge in [-0.1, -0.05) is 26.0 Å². The molecule has 0 saturated heterocycles. The van der Waals surface area contributed by atoms with Crippen LogP contribution in [0.15, 0.2) is 12.2 Å². The summed E-state index contributed by atoms with van der Waals surface area (Å²) in [4.78, 5) is 0. The van der Waals surface area contributed by atoms with Gasteiger partial charge in [0, 0.05) is 0 Å². The molecule has 2 rings (SSSR count). The molecule has 2 aliphatic rings. The topological polar surface area (TPSA) is 0 Å². The maximum Gasteiger partial charge on any atom is -0.0234 e. The zero-order valence-electron chi connectivity index (χ0n) is 8.29. The van der Waals surface area contributed by atoms with Crippen LogP contribution >= 0.6 is 0 Å². The lowest BCUT2D eigenvalue weighted by Gasteiger charge is -2.25. The van der Waals surface area contributed by atoms with Crippen molar-refractivity contribution in [2.45, 2.75) is 39.5 Å². The molecule has 0 amide bonds. The van der Waals surface area contributed by atoms with Gasteiger partial charge in [-0.05, 0) is 49.4 Å². The van der Waals surface area contributed by atoms with E-state index in [1.54, 1.807) is 0 Å². The van der Waals surface area contributed by atoms with Crippen LogP contribution < -0.4 is 0 Å². The molecule has 0 aromatic carbocycles. The molecule has 4 atom stereocenters. The lowest BCUT2D eigenvalue weighted by molar-refractivity contribution is 0.290. The Balaban J connectivity index is 2.13. The third kappa shape index (κ3) is 1.44. The van der Waals surface area contributed by atoms with E-state index in [4.69, 9.17) is 0 Å². The fraction of sp³-hybridized carbons (Fsp3) is 0.833. The average molecular weight is 164 g/mol. The molecule has 0 aromatic heterocycles. The van der Waals surface area contributed by atoms with E-state index in [2.05, 4.69) is 26.0 Å². The second-order valence-corrected chi connectivity index (χ2v) is 4.82. The number of hydrogen-bond acceptors (Lipinski definition) is 0. The Kier molecular flexibility index (Phi) is 2.25. The highest BCUT2D eigenvalue weighted by Gasteiger charge is 2.31. The van der Waals surface area contributed by atoms with Crippen LogP contribution in [0.5, 0.6) is 0 Å². The van der Waals surface area contributed by atoms with Gasteiger partial charge >= 0.3 is 0 Å². The molecule has 68 valence electrons. The fourth-order valence-electron chi connectivity index (χ4n) is 2.90. The minimum Gasteiger partial charge on any atom is -0.0880 e. The third-order valence-electron chi connectivity index (χ3n) is 4.06. The van der Waals surface area contributed by atoms with Gasteiger partial charge in [-0.3, -0.25) is 0 Å². The highest BCUT2D eigenvalue weighted by Crippen LogP contribution is 2.41. The number of hydrogen-bond donors (Lipinski definition) is 0. The normalized spacial score (nSPS) is 47.2. The Hall–Kier alpha value is -0.260. The summed E-state index contributed by atoms with van der Waals surface area (Å²) in [5, 5.41) is 0. The van der Waals surface area contributed by atoms with Gasteiger partial charge in [0.2, 0.25) is 0 Å². The molecule has 1 fully saturated rings. The summed E-state index contributed by atoms with van der Waals surface area (Å²) in [5.74, 6) is 3.80. The Morgan fingerprint density at radius 2 is 2.00 bits per heavy atom. The number of allylic oxidation sites excluding steroid dienone is 2. The molecular formula is C12H20. The lowest BCUT2D eigenvalue weighted by atomic mass is 9.80. The van der Waals surface area contributed by atoms with Crippen molar-refractivity contribution >= 4 is 0 Å². The Labute approximate surface area is 76.1 Å². The molecule has 0 N–H and O–H groups in total. The van der Waals surface area contributed by atoms with Crippen LogP contribution in [0, 0.1) is 23.7 Å². The van der Waals surface area contributed by atoms with Gasteiger partial charge in [0.1, 0.15) is 0 Å². The van der Waals surface area contributed by atoms with Crippen molar-refractivity contribution in [2.24, 2.45) is 23.7 Å². The minimum atomic E-state index is 0.814. The van der Waals surface area contributed by atoms with Gasteiger partial charge in [-0.15, -0.1) is 0 Å². The SMILES string of the molecule is CC1C=CCC2CCC(C2)C1C. The van der Waals surface area contributed by atoms with Gasteiger partial charge in [0.25, 0.3) is 0 Å². The fourth-order valence-corrected chi connectivity index (χ4v) is 2.90. The maximum atomic E-state index is 2.44. The first-order chi connectivity index (χ1) is 5.77. The lowest BCUT2D eigenvalue weighted by Crippen LogP contribution is -2.16. The van der Waals surface area contributed by atoms with Crippen molar-refractivity contribution in [1.82, 2.24) is 0 Å². The molecule has 2 aliphatic carbocycles. The molecular weight excluding hydrogens is 144 g/mol. The zero-order chi connectivity index (χ0) is 8.55. The van der Waals surface area contributed by atoms with Crippen molar-refractivity contribution in [3.63, 3.8) is 0 Å². The molecule has 4 unspecified atom stereocenters. The zero-order valence-corrected chi connectivity index (χ0v) is 8.29. The van der Waals surface area contributed by atoms with Crippen molar-refractivity contribution < 1.29 is 0 Å². The second-order valence-electron chi connectivity index (χ2n) is 4.82. The summed E-state index contributed by atoms with van der Waals surface area (Å²) < 4.78 is 0. The molecule has 0 nitrogen and oxygen atoms in total. The highest BCUT2D eigenvalue weighted by molar-refractivity contribution is 4.97. The molecule has 0 aliphatic heterocycles. The van der Waals surface area contributed by atoms with Crippen molar-refractivity contribution in [3.8, 4) is 0 Å². The minimum absolute atomic E-state index is 0.814. The van der Waals surface area contributed by atoms with Gasteiger partial charge in [0.05, 0.1) is 0 Å². The molecule has 12 heavy (non-hydrogen) atoms. The van der Waals surface area contributed by atoms with Crippen LogP contribution in [0.25, 0.3) is 0 Å². The van der Waals surface area contributed by atoms with Gasteiger partial charge < -0.3 is 0 Å². The first-order valence-corrected chi connectivity index (χ1v) is 5.44. The van der Waals surface area contributed by atoms with E-state index in [1.165, 1.54) is 25.7 Å². The molecule has 0 heterocycles. The summed E-state index contributed by atoms with van der Waals surface area (Å²) in [5.41, 5.74) is 0. The van der Waals surface area contributed by atoms with E-state index in [0.29, 0.717) is 0 Å². The van der Waals surface area contributed by atoms with Crippen molar-refractivity contribution in [3.05, 3.63) is 12.2 Å². The van der Waals surface area contributed by atoms with E-state index in [9.17, 15) is 0 Å². The first kappa shape index (κ1) is 8.34. The molecule has 0 aromatic rings.